The van der Waals surface area contributed by atoms with Crippen LogP contribution in [0.15, 0.2) is 22.6 Å². The number of carbonyl (C=O) groups is 2. The first-order chi connectivity index (χ1) is 12.6. The van der Waals surface area contributed by atoms with E-state index in [-0.39, 0.29) is 44.0 Å². The summed E-state index contributed by atoms with van der Waals surface area (Å²) in [5, 5.41) is 9.34. The average molecular weight is 383 g/mol. The van der Waals surface area contributed by atoms with Crippen molar-refractivity contribution >= 4 is 29.2 Å². The molecule has 2 aromatic rings. The molecule has 9 heteroatoms. The van der Waals surface area contributed by atoms with Gasteiger partial charge in [0.2, 0.25) is 0 Å². The van der Waals surface area contributed by atoms with Gasteiger partial charge in [-0.1, -0.05) is 6.07 Å². The second-order valence-electron chi connectivity index (χ2n) is 7.94. The number of oxazole rings is 1. The van der Waals surface area contributed by atoms with Crippen molar-refractivity contribution in [2.24, 2.45) is 0 Å². The monoisotopic (exact) mass is 383 g/mol. The van der Waals surface area contributed by atoms with Crippen molar-refractivity contribution in [3.8, 4) is 0 Å². The second kappa shape index (κ2) is 8.06. The summed E-state index contributed by atoms with van der Waals surface area (Å²) < 4.78 is 11.3. The molecule has 1 amide bonds. The molecule has 1 saturated heterocycles. The van der Waals surface area contributed by atoms with E-state index in [1.807, 2.05) is 39.5 Å². The molecule has 0 radical (unpaired) electrons. The summed E-state index contributed by atoms with van der Waals surface area (Å²) in [6.07, 6.45) is -0.341. The van der Waals surface area contributed by atoms with Crippen LogP contribution in [-0.2, 0) is 4.74 Å². The number of aromatic nitrogens is 1. The van der Waals surface area contributed by atoms with Crippen molar-refractivity contribution in [2.75, 3.05) is 18.0 Å². The number of fused-ring (bicyclic) bond motifs is 1. The van der Waals surface area contributed by atoms with Crippen LogP contribution < -0.4 is 23.8 Å². The molecule has 1 aliphatic rings. The summed E-state index contributed by atoms with van der Waals surface area (Å²) in [4.78, 5) is 31.9. The Bertz CT molecular complexity index is 870. The van der Waals surface area contributed by atoms with E-state index in [9.17, 15) is 14.7 Å². The summed E-state index contributed by atoms with van der Waals surface area (Å²) >= 11 is 0. The number of hydrogen-bond donors (Lipinski definition) is 1. The van der Waals surface area contributed by atoms with E-state index >= 15 is 0 Å². The molecule has 28 heavy (non-hydrogen) atoms. The summed E-state index contributed by atoms with van der Waals surface area (Å²) in [6.45, 7) is 10.4. The number of benzene rings is 1. The van der Waals surface area contributed by atoms with Crippen LogP contribution in [0.5, 0.6) is 0 Å². The fraction of sp³-hybridized carbons (Fsp3) is 0.526. The van der Waals surface area contributed by atoms with Gasteiger partial charge in [-0.15, -0.1) is 0 Å². The smallest absolute Gasteiger partial charge is 1.00 e. The first-order valence-electron chi connectivity index (χ1n) is 8.96. The molecule has 0 aliphatic carbocycles. The van der Waals surface area contributed by atoms with Crippen molar-refractivity contribution in [1.29, 1.82) is 0 Å². The van der Waals surface area contributed by atoms with Crippen molar-refractivity contribution in [3.63, 3.8) is 0 Å². The van der Waals surface area contributed by atoms with Gasteiger partial charge in [-0.05, 0) is 46.8 Å². The summed E-state index contributed by atoms with van der Waals surface area (Å²) in [5.74, 6) is -1.05. The van der Waals surface area contributed by atoms with Gasteiger partial charge in [0.25, 0.3) is 6.01 Å². The number of hydrogen-bond acceptors (Lipinski definition) is 6. The van der Waals surface area contributed by atoms with Crippen molar-refractivity contribution < 1.29 is 44.1 Å². The Morgan fingerprint density at radius 2 is 1.86 bits per heavy atom. The molecule has 1 aromatic heterocycles. The Labute approximate surface area is 177 Å². The molecule has 1 aliphatic heterocycles. The Morgan fingerprint density at radius 3 is 2.39 bits per heavy atom. The molecule has 2 heterocycles. The molecule has 3 rings (SSSR count). The third-order valence-electron chi connectivity index (χ3n) is 4.43. The second-order valence-corrected chi connectivity index (χ2v) is 7.94. The number of carboxylic acid groups (broad SMARTS) is 1. The molecular weight excluding hydrogens is 357 g/mol. The number of amides is 1. The minimum atomic E-state index is -1.05. The van der Waals surface area contributed by atoms with Crippen LogP contribution in [0.3, 0.4) is 0 Å². The van der Waals surface area contributed by atoms with Gasteiger partial charge in [-0.3, -0.25) is 0 Å². The van der Waals surface area contributed by atoms with E-state index in [1.54, 1.807) is 17.0 Å². The van der Waals surface area contributed by atoms with Gasteiger partial charge in [0.05, 0.1) is 5.56 Å². The fourth-order valence-electron chi connectivity index (χ4n) is 3.40. The number of aromatic carboxylic acids is 1. The number of ether oxygens (including phenoxy) is 1. The third kappa shape index (κ3) is 4.45. The number of rotatable bonds is 2. The minimum Gasteiger partial charge on any atom is -1.00 e. The maximum atomic E-state index is 12.4. The summed E-state index contributed by atoms with van der Waals surface area (Å²) in [5.41, 5.74) is 0.317. The predicted molar refractivity (Wildman–Crippen MR) is 101 cm³/mol. The first-order valence-corrected chi connectivity index (χ1v) is 8.96. The zero-order valence-electron chi connectivity index (χ0n) is 18.2. The quantitative estimate of drug-likeness (QED) is 0.754. The number of para-hydroxylation sites is 1. The van der Waals surface area contributed by atoms with Crippen LogP contribution in [-0.4, -0.2) is 57.8 Å². The molecule has 0 spiro atoms. The number of piperazine rings is 1. The van der Waals surface area contributed by atoms with Crippen LogP contribution in [0.25, 0.3) is 11.1 Å². The Morgan fingerprint density at radius 1 is 1.25 bits per heavy atom. The van der Waals surface area contributed by atoms with Crippen molar-refractivity contribution in [2.45, 2.75) is 52.3 Å². The number of nitrogens with zero attached hydrogens (tertiary/aromatic N) is 3. The zero-order chi connectivity index (χ0) is 19.9. The predicted octanol–water partition coefficient (Wildman–Crippen LogP) is 0.477. The normalized spacial score (nSPS) is 20.0. The Hall–Kier alpha value is -2.17. The SMILES string of the molecule is C[C@@H]1CN(C(=O)OC(C)(C)C)C[C@@H](C)N1c1nc2c(C(=O)O)cccc2o1.[H-].[Li+]. The van der Waals surface area contributed by atoms with Gasteiger partial charge in [-0.2, -0.15) is 4.98 Å². The minimum absolute atomic E-state index is 0. The van der Waals surface area contributed by atoms with Gasteiger partial charge < -0.3 is 25.5 Å². The summed E-state index contributed by atoms with van der Waals surface area (Å²) in [6, 6.07) is 5.07. The Kier molecular flexibility index (Phi) is 6.36. The first kappa shape index (κ1) is 22.1. The maximum absolute atomic E-state index is 12.4. The van der Waals surface area contributed by atoms with Gasteiger partial charge in [0.15, 0.2) is 5.58 Å². The molecule has 2 atom stereocenters. The molecule has 0 unspecified atom stereocenters. The molecular formula is C19H26LiN3O5. The largest absolute Gasteiger partial charge is 1.00 e. The van der Waals surface area contributed by atoms with E-state index in [4.69, 9.17) is 9.15 Å². The molecule has 148 valence electrons. The Balaban J connectivity index is 0.00000210. The van der Waals surface area contributed by atoms with Crippen LogP contribution in [0.2, 0.25) is 0 Å². The zero-order valence-corrected chi connectivity index (χ0v) is 17.2. The van der Waals surface area contributed by atoms with Crippen LogP contribution >= 0.6 is 0 Å². The number of anilines is 1. The number of carbonyl (C=O) groups excluding carboxylic acids is 1. The maximum Gasteiger partial charge on any atom is 1.00 e. The van der Waals surface area contributed by atoms with Gasteiger partial charge in [0.1, 0.15) is 11.1 Å². The van der Waals surface area contributed by atoms with Crippen LogP contribution in [0, 0.1) is 0 Å². The standard InChI is InChI=1S/C19H25N3O5.Li.H/c1-11-9-21(18(25)27-19(3,4)5)10-12(2)22(11)17-20-15-13(16(23)24)7-6-8-14(15)26-17;;/h6-8,11-12H,9-10H2,1-5H3,(H,23,24);;/q;+1;-1/t11-,12-;;/m1../s1. The van der Waals surface area contributed by atoms with Crippen LogP contribution in [0.4, 0.5) is 10.8 Å². The van der Waals surface area contributed by atoms with Gasteiger partial charge in [-0.25, -0.2) is 9.59 Å². The molecule has 1 N–H and O–H groups in total. The fourth-order valence-corrected chi connectivity index (χ4v) is 3.40. The molecule has 8 nitrogen and oxygen atoms in total. The number of carboxylic acids is 1. The average Bonchev–Trinajstić information content (AvgIpc) is 2.95. The van der Waals surface area contributed by atoms with Gasteiger partial charge >= 0.3 is 30.9 Å². The topological polar surface area (TPSA) is 96.1 Å². The van der Waals surface area contributed by atoms with E-state index in [1.165, 1.54) is 6.07 Å². The van der Waals surface area contributed by atoms with E-state index in [0.717, 1.165) is 0 Å². The molecule has 0 bridgehead atoms. The van der Waals surface area contributed by atoms with Crippen LogP contribution in [0.1, 0.15) is 46.4 Å². The summed E-state index contributed by atoms with van der Waals surface area (Å²) in [7, 11) is 0. The van der Waals surface area contributed by atoms with Gasteiger partial charge in [0, 0.05) is 25.2 Å². The van der Waals surface area contributed by atoms with Crippen molar-refractivity contribution in [1.82, 2.24) is 9.88 Å². The van der Waals surface area contributed by atoms with E-state index in [0.29, 0.717) is 30.2 Å². The third-order valence-corrected chi connectivity index (χ3v) is 4.43. The molecule has 1 aromatic carbocycles. The van der Waals surface area contributed by atoms with E-state index < -0.39 is 11.6 Å². The van der Waals surface area contributed by atoms with E-state index in [2.05, 4.69) is 4.98 Å². The van der Waals surface area contributed by atoms with Crippen molar-refractivity contribution in [3.05, 3.63) is 23.8 Å². The molecule has 1 fully saturated rings. The molecule has 0 saturated carbocycles.